The fraction of sp³-hybridized carbons (Fsp3) is 0.611. The lowest BCUT2D eigenvalue weighted by Crippen LogP contribution is -2.34. The number of hydrogen-bond acceptors (Lipinski definition) is 3. The van der Waals surface area contributed by atoms with Gasteiger partial charge in [0.05, 0.1) is 0 Å². The Morgan fingerprint density at radius 1 is 1.25 bits per heavy atom. The van der Waals surface area contributed by atoms with Crippen LogP contribution in [-0.4, -0.2) is 47.9 Å². The van der Waals surface area contributed by atoms with Crippen LogP contribution in [0, 0.1) is 5.92 Å². The second-order valence-electron chi connectivity index (χ2n) is 6.83. The van der Waals surface area contributed by atoms with Crippen LogP contribution in [0.4, 0.5) is 0 Å². The molecular formula is C18H29Cl2N3O. The van der Waals surface area contributed by atoms with Crippen molar-refractivity contribution in [1.82, 2.24) is 9.80 Å². The van der Waals surface area contributed by atoms with Gasteiger partial charge in [0.2, 0.25) is 0 Å². The molecule has 6 heteroatoms. The van der Waals surface area contributed by atoms with Crippen LogP contribution in [0.1, 0.15) is 42.1 Å². The molecule has 2 atom stereocenters. The first kappa shape index (κ1) is 21.2. The van der Waals surface area contributed by atoms with E-state index in [4.69, 9.17) is 5.73 Å². The van der Waals surface area contributed by atoms with E-state index in [0.717, 1.165) is 25.1 Å². The molecule has 0 aromatic heterocycles. The molecule has 2 aliphatic heterocycles. The molecule has 0 aliphatic carbocycles. The van der Waals surface area contributed by atoms with E-state index in [1.807, 2.05) is 17.0 Å². The van der Waals surface area contributed by atoms with Crippen molar-refractivity contribution < 1.29 is 4.79 Å². The molecule has 1 aromatic rings. The minimum Gasteiger partial charge on any atom is -0.336 e. The first-order valence-electron chi connectivity index (χ1n) is 8.49. The number of likely N-dealkylation sites (tertiary alicyclic amines) is 2. The Hall–Kier alpha value is -0.810. The van der Waals surface area contributed by atoms with Crippen molar-refractivity contribution in [1.29, 1.82) is 0 Å². The van der Waals surface area contributed by atoms with Crippen molar-refractivity contribution in [3.8, 4) is 0 Å². The average Bonchev–Trinajstić information content (AvgIpc) is 3.16. The zero-order valence-electron chi connectivity index (χ0n) is 14.3. The molecule has 24 heavy (non-hydrogen) atoms. The summed E-state index contributed by atoms with van der Waals surface area (Å²) in [5.74, 6) is 0.610. The number of carbonyl (C=O) groups is 1. The van der Waals surface area contributed by atoms with Crippen LogP contribution in [0.5, 0.6) is 0 Å². The van der Waals surface area contributed by atoms with Gasteiger partial charge in [0.1, 0.15) is 0 Å². The highest BCUT2D eigenvalue weighted by molar-refractivity contribution is 5.94. The molecular weight excluding hydrogens is 345 g/mol. The molecule has 1 amide bonds. The van der Waals surface area contributed by atoms with E-state index in [1.54, 1.807) is 0 Å². The van der Waals surface area contributed by atoms with Crippen molar-refractivity contribution in [2.45, 2.75) is 38.8 Å². The van der Waals surface area contributed by atoms with Gasteiger partial charge in [-0.3, -0.25) is 9.69 Å². The zero-order chi connectivity index (χ0) is 15.5. The third-order valence-electron chi connectivity index (χ3n) is 5.03. The average molecular weight is 374 g/mol. The fourth-order valence-corrected chi connectivity index (χ4v) is 3.76. The van der Waals surface area contributed by atoms with Gasteiger partial charge in [0, 0.05) is 24.7 Å². The monoisotopic (exact) mass is 373 g/mol. The number of carbonyl (C=O) groups excluding carboxylic acids is 1. The second kappa shape index (κ2) is 9.62. The standard InChI is InChI=1S/C18H27N3O.2ClH/c1-14-9-16(11-19)13-21(14)18(22)17-6-4-5-15(10-17)12-20-7-2-3-8-20;;/h4-6,10,14,16H,2-3,7-9,11-13,19H2,1H3;2*1H. The number of nitrogens with two attached hydrogens (primary N) is 1. The summed E-state index contributed by atoms with van der Waals surface area (Å²) in [4.78, 5) is 17.2. The number of hydrogen-bond donors (Lipinski definition) is 1. The Labute approximate surface area is 157 Å². The van der Waals surface area contributed by atoms with Gasteiger partial charge in [-0.2, -0.15) is 0 Å². The number of nitrogens with zero attached hydrogens (tertiary/aromatic N) is 2. The molecule has 136 valence electrons. The Kier molecular flexibility index (Phi) is 8.51. The third kappa shape index (κ3) is 4.85. The van der Waals surface area contributed by atoms with Crippen LogP contribution >= 0.6 is 24.8 Å². The van der Waals surface area contributed by atoms with Crippen LogP contribution in [-0.2, 0) is 6.54 Å². The number of halogens is 2. The van der Waals surface area contributed by atoms with Crippen LogP contribution in [0.25, 0.3) is 0 Å². The fourth-order valence-electron chi connectivity index (χ4n) is 3.76. The molecule has 2 aliphatic rings. The molecule has 2 saturated heterocycles. The highest BCUT2D eigenvalue weighted by Gasteiger charge is 2.32. The lowest BCUT2D eigenvalue weighted by Gasteiger charge is -2.22. The molecule has 2 heterocycles. The smallest absolute Gasteiger partial charge is 0.254 e. The maximum Gasteiger partial charge on any atom is 0.254 e. The Morgan fingerprint density at radius 3 is 2.58 bits per heavy atom. The van der Waals surface area contributed by atoms with E-state index in [-0.39, 0.29) is 30.7 Å². The predicted molar refractivity (Wildman–Crippen MR) is 103 cm³/mol. The van der Waals surface area contributed by atoms with Crippen LogP contribution in [0.3, 0.4) is 0 Å². The SMILES string of the molecule is CC1CC(CN)CN1C(=O)c1cccc(CN2CCCC2)c1.Cl.Cl. The second-order valence-corrected chi connectivity index (χ2v) is 6.83. The highest BCUT2D eigenvalue weighted by Crippen LogP contribution is 2.24. The quantitative estimate of drug-likeness (QED) is 0.882. The lowest BCUT2D eigenvalue weighted by molar-refractivity contribution is 0.0743. The van der Waals surface area contributed by atoms with Gasteiger partial charge in [-0.05, 0) is 69.4 Å². The summed E-state index contributed by atoms with van der Waals surface area (Å²) < 4.78 is 0. The minimum atomic E-state index is 0. The normalized spacial score (nSPS) is 23.7. The summed E-state index contributed by atoms with van der Waals surface area (Å²) in [6.45, 7) is 6.92. The highest BCUT2D eigenvalue weighted by atomic mass is 35.5. The minimum absolute atomic E-state index is 0. The van der Waals surface area contributed by atoms with Crippen molar-refractivity contribution in [3.63, 3.8) is 0 Å². The number of benzene rings is 1. The van der Waals surface area contributed by atoms with Gasteiger partial charge >= 0.3 is 0 Å². The summed E-state index contributed by atoms with van der Waals surface area (Å²) in [6.07, 6.45) is 3.62. The molecule has 0 spiro atoms. The van der Waals surface area contributed by atoms with Crippen molar-refractivity contribution in [3.05, 3.63) is 35.4 Å². The molecule has 2 unspecified atom stereocenters. The summed E-state index contributed by atoms with van der Waals surface area (Å²) >= 11 is 0. The van der Waals surface area contributed by atoms with Crippen LogP contribution in [0.15, 0.2) is 24.3 Å². The Bertz CT molecular complexity index is 535. The van der Waals surface area contributed by atoms with Crippen molar-refractivity contribution >= 4 is 30.7 Å². The van der Waals surface area contributed by atoms with E-state index in [2.05, 4.69) is 24.0 Å². The summed E-state index contributed by atoms with van der Waals surface area (Å²) in [5, 5.41) is 0. The first-order chi connectivity index (χ1) is 10.7. The van der Waals surface area contributed by atoms with E-state index >= 15 is 0 Å². The van der Waals surface area contributed by atoms with Crippen LogP contribution < -0.4 is 5.73 Å². The number of rotatable bonds is 4. The Balaban J connectivity index is 0.00000144. The zero-order valence-corrected chi connectivity index (χ0v) is 16.0. The Morgan fingerprint density at radius 2 is 1.96 bits per heavy atom. The summed E-state index contributed by atoms with van der Waals surface area (Å²) in [7, 11) is 0. The van der Waals surface area contributed by atoms with E-state index in [9.17, 15) is 4.79 Å². The topological polar surface area (TPSA) is 49.6 Å². The van der Waals surface area contributed by atoms with Gasteiger partial charge in [0.15, 0.2) is 0 Å². The maximum atomic E-state index is 12.8. The van der Waals surface area contributed by atoms with Gasteiger partial charge in [-0.25, -0.2) is 0 Å². The van der Waals surface area contributed by atoms with Crippen molar-refractivity contribution in [2.75, 3.05) is 26.2 Å². The third-order valence-corrected chi connectivity index (χ3v) is 5.03. The lowest BCUT2D eigenvalue weighted by atomic mass is 10.1. The maximum absolute atomic E-state index is 12.8. The molecule has 0 saturated carbocycles. The molecule has 3 rings (SSSR count). The first-order valence-corrected chi connectivity index (χ1v) is 8.49. The van der Waals surface area contributed by atoms with E-state index in [0.29, 0.717) is 18.5 Å². The summed E-state index contributed by atoms with van der Waals surface area (Å²) in [6, 6.07) is 8.45. The predicted octanol–water partition coefficient (Wildman–Crippen LogP) is 2.94. The van der Waals surface area contributed by atoms with Crippen LogP contribution in [0.2, 0.25) is 0 Å². The summed E-state index contributed by atoms with van der Waals surface area (Å²) in [5.41, 5.74) is 7.83. The molecule has 0 bridgehead atoms. The number of amides is 1. The van der Waals surface area contributed by atoms with Gasteiger partial charge in [-0.15, -0.1) is 24.8 Å². The molecule has 4 nitrogen and oxygen atoms in total. The van der Waals surface area contributed by atoms with Crippen molar-refractivity contribution in [2.24, 2.45) is 11.7 Å². The van der Waals surface area contributed by atoms with E-state index < -0.39 is 0 Å². The van der Waals surface area contributed by atoms with E-state index in [1.165, 1.54) is 31.5 Å². The molecule has 0 radical (unpaired) electrons. The van der Waals surface area contributed by atoms with Gasteiger partial charge < -0.3 is 10.6 Å². The van der Waals surface area contributed by atoms with Gasteiger partial charge in [-0.1, -0.05) is 12.1 Å². The largest absolute Gasteiger partial charge is 0.336 e. The molecule has 2 fully saturated rings. The molecule has 2 N–H and O–H groups in total. The molecule has 1 aromatic carbocycles. The van der Waals surface area contributed by atoms with Gasteiger partial charge in [0.25, 0.3) is 5.91 Å².